The topological polar surface area (TPSA) is 49.8 Å². The molecule has 102 valence electrons. The molecule has 1 saturated carbocycles. The Bertz CT molecular complexity index is 302. The standard InChI is InChI=1S/C8H9N.C6H14.C2H5N/c1-3-7-4-8(7)6(2)5-9;1-5-6(2,3)4;1-2-3/h3,7-8H,1-2,4H2;5H2,1-4H3;2H,1,3H2. The largest absolute Gasteiger partial charge is 0.405 e. The third-order valence-electron chi connectivity index (χ3n) is 2.79. The van der Waals surface area contributed by atoms with Crippen LogP contribution in [0, 0.1) is 28.6 Å². The van der Waals surface area contributed by atoms with E-state index in [1.165, 1.54) is 12.6 Å². The first-order valence-corrected chi connectivity index (χ1v) is 6.31. The molecule has 2 N–H and O–H groups in total. The fourth-order valence-corrected chi connectivity index (χ4v) is 0.959. The lowest BCUT2D eigenvalue weighted by molar-refractivity contribution is 0.398. The van der Waals surface area contributed by atoms with Gasteiger partial charge in [0, 0.05) is 11.5 Å². The van der Waals surface area contributed by atoms with E-state index in [9.17, 15) is 0 Å². The van der Waals surface area contributed by atoms with Gasteiger partial charge in [-0.05, 0) is 24.0 Å². The van der Waals surface area contributed by atoms with Crippen molar-refractivity contribution in [1.29, 1.82) is 5.26 Å². The van der Waals surface area contributed by atoms with Crippen LogP contribution in [0.1, 0.15) is 40.5 Å². The van der Waals surface area contributed by atoms with Gasteiger partial charge >= 0.3 is 0 Å². The zero-order chi connectivity index (χ0) is 14.8. The molecule has 0 saturated heterocycles. The molecule has 0 aromatic heterocycles. The van der Waals surface area contributed by atoms with Crippen LogP contribution in [0.4, 0.5) is 0 Å². The van der Waals surface area contributed by atoms with Gasteiger partial charge in [-0.15, -0.1) is 6.58 Å². The summed E-state index contributed by atoms with van der Waals surface area (Å²) >= 11 is 0. The van der Waals surface area contributed by atoms with Gasteiger partial charge in [0.25, 0.3) is 0 Å². The molecule has 0 spiro atoms. The zero-order valence-electron chi connectivity index (χ0n) is 12.4. The van der Waals surface area contributed by atoms with Gasteiger partial charge in [0.05, 0.1) is 6.07 Å². The summed E-state index contributed by atoms with van der Waals surface area (Å²) in [7, 11) is 0. The Balaban J connectivity index is 0. The lowest BCUT2D eigenvalue weighted by Gasteiger charge is -2.12. The van der Waals surface area contributed by atoms with Gasteiger partial charge in [0.15, 0.2) is 0 Å². The van der Waals surface area contributed by atoms with E-state index in [1.807, 2.05) is 12.1 Å². The maximum Gasteiger partial charge on any atom is 0.0944 e. The summed E-state index contributed by atoms with van der Waals surface area (Å²) < 4.78 is 0. The Labute approximate surface area is 113 Å². The molecule has 0 aliphatic heterocycles. The van der Waals surface area contributed by atoms with E-state index in [1.54, 1.807) is 0 Å². The summed E-state index contributed by atoms with van der Waals surface area (Å²) in [4.78, 5) is 0. The molecule has 2 atom stereocenters. The second-order valence-corrected chi connectivity index (χ2v) is 5.53. The maximum absolute atomic E-state index is 8.37. The van der Waals surface area contributed by atoms with Crippen LogP contribution in [0.3, 0.4) is 0 Å². The van der Waals surface area contributed by atoms with Crippen LogP contribution in [0.5, 0.6) is 0 Å². The first kappa shape index (κ1) is 18.9. The number of nitrogens with zero attached hydrogens (tertiary/aromatic N) is 1. The van der Waals surface area contributed by atoms with Crippen molar-refractivity contribution >= 4 is 0 Å². The van der Waals surface area contributed by atoms with Gasteiger partial charge in [-0.2, -0.15) is 5.26 Å². The number of hydrogen-bond donors (Lipinski definition) is 1. The Morgan fingerprint density at radius 1 is 1.44 bits per heavy atom. The van der Waals surface area contributed by atoms with Gasteiger partial charge in [0.2, 0.25) is 0 Å². The summed E-state index contributed by atoms with van der Waals surface area (Å²) in [5.74, 6) is 0.963. The van der Waals surface area contributed by atoms with E-state index in [4.69, 9.17) is 5.26 Å². The molecule has 1 fully saturated rings. The molecule has 0 aromatic carbocycles. The molecule has 0 heterocycles. The Hall–Kier alpha value is -1.49. The van der Waals surface area contributed by atoms with Crippen molar-refractivity contribution in [1.82, 2.24) is 0 Å². The number of hydrogen-bond acceptors (Lipinski definition) is 2. The Kier molecular flexibility index (Phi) is 9.99. The molecule has 18 heavy (non-hydrogen) atoms. The molecule has 0 radical (unpaired) electrons. The Morgan fingerprint density at radius 2 is 1.83 bits per heavy atom. The molecule has 0 bridgehead atoms. The van der Waals surface area contributed by atoms with Crippen molar-refractivity contribution < 1.29 is 0 Å². The van der Waals surface area contributed by atoms with Crippen LogP contribution in [0.2, 0.25) is 0 Å². The summed E-state index contributed by atoms with van der Waals surface area (Å²) in [6.45, 7) is 19.3. The van der Waals surface area contributed by atoms with Crippen LogP contribution in [-0.4, -0.2) is 0 Å². The van der Waals surface area contributed by atoms with Gasteiger partial charge in [-0.3, -0.25) is 0 Å². The minimum Gasteiger partial charge on any atom is -0.405 e. The average molecular weight is 248 g/mol. The van der Waals surface area contributed by atoms with Crippen molar-refractivity contribution in [2.45, 2.75) is 40.5 Å². The van der Waals surface area contributed by atoms with Gasteiger partial charge in [-0.25, -0.2) is 0 Å². The van der Waals surface area contributed by atoms with Crippen molar-refractivity contribution in [2.75, 3.05) is 0 Å². The van der Waals surface area contributed by atoms with Crippen LogP contribution in [-0.2, 0) is 0 Å². The van der Waals surface area contributed by atoms with E-state index in [0.717, 1.165) is 6.42 Å². The fraction of sp³-hybridized carbons (Fsp3) is 0.562. The highest BCUT2D eigenvalue weighted by Crippen LogP contribution is 2.43. The molecule has 2 unspecified atom stereocenters. The predicted molar refractivity (Wildman–Crippen MR) is 80.7 cm³/mol. The van der Waals surface area contributed by atoms with E-state index >= 15 is 0 Å². The smallest absolute Gasteiger partial charge is 0.0944 e. The highest BCUT2D eigenvalue weighted by molar-refractivity contribution is 5.27. The van der Waals surface area contributed by atoms with Crippen molar-refractivity contribution in [2.24, 2.45) is 23.0 Å². The lowest BCUT2D eigenvalue weighted by Crippen LogP contribution is -2.00. The normalized spacial score (nSPS) is 19.9. The molecule has 1 rings (SSSR count). The summed E-state index contributed by atoms with van der Waals surface area (Å²) in [5.41, 5.74) is 5.86. The minimum absolute atomic E-state index is 0.424. The van der Waals surface area contributed by atoms with Crippen molar-refractivity contribution in [3.8, 4) is 6.07 Å². The molecular formula is C16H28N2. The van der Waals surface area contributed by atoms with E-state index in [2.05, 4.69) is 53.2 Å². The van der Waals surface area contributed by atoms with Crippen LogP contribution in [0.25, 0.3) is 0 Å². The van der Waals surface area contributed by atoms with Gasteiger partial charge < -0.3 is 5.73 Å². The summed E-state index contributed by atoms with van der Waals surface area (Å²) in [5, 5.41) is 8.37. The molecule has 2 nitrogen and oxygen atoms in total. The third-order valence-corrected chi connectivity index (χ3v) is 2.79. The van der Waals surface area contributed by atoms with Crippen LogP contribution < -0.4 is 5.73 Å². The van der Waals surface area contributed by atoms with E-state index in [0.29, 0.717) is 22.8 Å². The molecule has 1 aliphatic rings. The SMILES string of the molecule is C=CC1CC1C(=C)C#N.C=CN.CCC(C)(C)C. The van der Waals surface area contributed by atoms with Crippen molar-refractivity contribution in [3.63, 3.8) is 0 Å². The van der Waals surface area contributed by atoms with Crippen LogP contribution >= 0.6 is 0 Å². The number of rotatable bonds is 2. The predicted octanol–water partition coefficient (Wildman–Crippen LogP) is 4.42. The first-order chi connectivity index (χ1) is 8.27. The highest BCUT2D eigenvalue weighted by atomic mass is 14.5. The van der Waals surface area contributed by atoms with Crippen LogP contribution in [0.15, 0.2) is 37.6 Å². The zero-order valence-corrected chi connectivity index (χ0v) is 12.4. The first-order valence-electron chi connectivity index (χ1n) is 6.31. The van der Waals surface area contributed by atoms with E-state index < -0.39 is 0 Å². The Morgan fingerprint density at radius 3 is 2.00 bits per heavy atom. The second-order valence-electron chi connectivity index (χ2n) is 5.53. The third kappa shape index (κ3) is 11.0. The summed E-state index contributed by atoms with van der Waals surface area (Å²) in [6, 6.07) is 2.05. The number of nitriles is 1. The molecular weight excluding hydrogens is 220 g/mol. The van der Waals surface area contributed by atoms with Crippen molar-refractivity contribution in [3.05, 3.63) is 37.6 Å². The molecule has 0 amide bonds. The highest BCUT2D eigenvalue weighted by Gasteiger charge is 2.36. The molecule has 0 aromatic rings. The number of allylic oxidation sites excluding steroid dienone is 2. The quantitative estimate of drug-likeness (QED) is 0.581. The van der Waals surface area contributed by atoms with E-state index in [-0.39, 0.29) is 0 Å². The fourth-order valence-electron chi connectivity index (χ4n) is 0.959. The lowest BCUT2D eigenvalue weighted by atomic mass is 9.94. The second kappa shape index (κ2) is 9.53. The monoisotopic (exact) mass is 248 g/mol. The maximum atomic E-state index is 8.37. The van der Waals surface area contributed by atoms with Gasteiger partial charge in [0.1, 0.15) is 0 Å². The number of nitrogens with two attached hydrogens (primary N) is 1. The minimum atomic E-state index is 0.424. The summed E-state index contributed by atoms with van der Waals surface area (Å²) in [6.07, 6.45) is 5.50. The molecule has 1 aliphatic carbocycles. The van der Waals surface area contributed by atoms with Gasteiger partial charge in [-0.1, -0.05) is 53.3 Å². The average Bonchev–Trinajstić information content (AvgIpc) is 3.08. The molecule has 2 heteroatoms.